The zero-order valence-corrected chi connectivity index (χ0v) is 21.7. The Balaban J connectivity index is 0.00000300. The van der Waals surface area contributed by atoms with Gasteiger partial charge in [0.2, 0.25) is 0 Å². The molecule has 3 atom stereocenters. The molecule has 3 heterocycles. The smallest absolute Gasteiger partial charge is 0.190 e. The van der Waals surface area contributed by atoms with Crippen LogP contribution in [0.2, 0.25) is 0 Å². The minimum Gasteiger partial charge on any atom is -0.356 e. The zero-order valence-electron chi connectivity index (χ0n) is 18.6. The predicted octanol–water partition coefficient (Wildman–Crippen LogP) is 4.03. The third-order valence-electron chi connectivity index (χ3n) is 6.44. The molecule has 2 aliphatic rings. The maximum absolute atomic E-state index is 4.49. The Morgan fingerprint density at radius 1 is 1.21 bits per heavy atom. The van der Waals surface area contributed by atoms with Crippen LogP contribution in [-0.4, -0.2) is 68.6 Å². The lowest BCUT2D eigenvalue weighted by molar-refractivity contribution is 0.125. The second kappa shape index (κ2) is 12.5. The van der Waals surface area contributed by atoms with E-state index in [2.05, 4.69) is 63.8 Å². The Kier molecular flexibility index (Phi) is 10.7. The average Bonchev–Trinajstić information content (AvgIpc) is 3.22. The number of hydrogen-bond donors (Lipinski definition) is 2. The fourth-order valence-corrected chi connectivity index (χ4v) is 5.79. The Hall–Kier alpha value is -0.380. The molecule has 29 heavy (non-hydrogen) atoms. The molecule has 166 valence electrons. The molecule has 7 heteroatoms. The molecule has 3 unspecified atom stereocenters. The topological polar surface area (TPSA) is 42.9 Å². The van der Waals surface area contributed by atoms with E-state index in [4.69, 9.17) is 0 Å². The van der Waals surface area contributed by atoms with Crippen LogP contribution in [0.1, 0.15) is 50.4 Å². The lowest BCUT2D eigenvalue weighted by atomic mass is 9.88. The first-order valence-electron chi connectivity index (χ1n) is 11.0. The van der Waals surface area contributed by atoms with Crippen molar-refractivity contribution < 1.29 is 0 Å². The maximum Gasteiger partial charge on any atom is 0.190 e. The molecule has 3 rings (SSSR count). The molecule has 0 aromatic carbocycles. The van der Waals surface area contributed by atoms with Gasteiger partial charge in [-0.1, -0.05) is 6.07 Å². The van der Waals surface area contributed by atoms with Gasteiger partial charge in [0, 0.05) is 43.6 Å². The predicted molar refractivity (Wildman–Crippen MR) is 137 cm³/mol. The monoisotopic (exact) mass is 533 g/mol. The summed E-state index contributed by atoms with van der Waals surface area (Å²) in [4.78, 5) is 11.1. The second-order valence-corrected chi connectivity index (χ2v) is 9.75. The number of nitrogens with zero attached hydrogens (tertiary/aromatic N) is 3. The van der Waals surface area contributed by atoms with Gasteiger partial charge in [-0.3, -0.25) is 9.89 Å². The Labute approximate surface area is 198 Å². The number of halogens is 1. The van der Waals surface area contributed by atoms with Crippen LogP contribution >= 0.6 is 35.3 Å². The number of thiophene rings is 1. The van der Waals surface area contributed by atoms with Crippen molar-refractivity contribution in [2.75, 3.05) is 46.8 Å². The van der Waals surface area contributed by atoms with Crippen molar-refractivity contribution in [3.05, 3.63) is 22.4 Å². The number of hydrogen-bond acceptors (Lipinski definition) is 4. The van der Waals surface area contributed by atoms with E-state index in [1.165, 1.54) is 50.2 Å². The van der Waals surface area contributed by atoms with E-state index in [1.807, 2.05) is 18.4 Å². The molecule has 0 bridgehead atoms. The summed E-state index contributed by atoms with van der Waals surface area (Å²) in [5, 5.41) is 9.43. The summed E-state index contributed by atoms with van der Waals surface area (Å²) in [7, 11) is 4.16. The molecule has 0 aliphatic carbocycles. The van der Waals surface area contributed by atoms with Crippen molar-refractivity contribution in [3.63, 3.8) is 0 Å². The molecule has 1 aromatic rings. The number of nitrogens with one attached hydrogen (secondary N) is 2. The lowest BCUT2D eigenvalue weighted by Gasteiger charge is -2.39. The first-order chi connectivity index (χ1) is 13.6. The van der Waals surface area contributed by atoms with Crippen LogP contribution in [0.3, 0.4) is 0 Å². The Bertz CT molecular complexity index is 606. The largest absolute Gasteiger partial charge is 0.356 e. The van der Waals surface area contributed by atoms with Crippen molar-refractivity contribution in [3.8, 4) is 0 Å². The first-order valence-corrected chi connectivity index (χ1v) is 11.9. The summed E-state index contributed by atoms with van der Waals surface area (Å²) in [5.41, 5.74) is 0. The normalized spacial score (nSPS) is 26.9. The van der Waals surface area contributed by atoms with Gasteiger partial charge in [0.1, 0.15) is 0 Å². The van der Waals surface area contributed by atoms with E-state index in [0.29, 0.717) is 18.0 Å². The molecule has 2 saturated heterocycles. The molecule has 2 N–H and O–H groups in total. The molecule has 0 spiro atoms. The molecular weight excluding hydrogens is 493 g/mol. The molecule has 0 radical (unpaired) electrons. The SMILES string of the molecule is CN=C(NCC1CCCN(C(C)C)C1)NCC1CCCN(C)C1c1cccs1.I. The maximum atomic E-state index is 4.49. The highest BCUT2D eigenvalue weighted by Crippen LogP contribution is 2.36. The van der Waals surface area contributed by atoms with Crippen LogP contribution in [0.25, 0.3) is 0 Å². The summed E-state index contributed by atoms with van der Waals surface area (Å²) in [6, 6.07) is 5.65. The molecule has 1 aromatic heterocycles. The number of guanidine groups is 1. The number of likely N-dealkylation sites (tertiary alicyclic amines) is 2. The second-order valence-electron chi connectivity index (χ2n) is 8.77. The lowest BCUT2D eigenvalue weighted by Crippen LogP contribution is -2.48. The van der Waals surface area contributed by atoms with Crippen molar-refractivity contribution in [2.45, 2.75) is 51.6 Å². The number of piperidine rings is 2. The van der Waals surface area contributed by atoms with Crippen LogP contribution in [0.15, 0.2) is 22.5 Å². The quantitative estimate of drug-likeness (QED) is 0.329. The van der Waals surface area contributed by atoms with Gasteiger partial charge in [-0.2, -0.15) is 0 Å². The van der Waals surface area contributed by atoms with Crippen molar-refractivity contribution >= 4 is 41.3 Å². The molecule has 0 saturated carbocycles. The standard InChI is InChI=1S/C22H39N5S.HI/c1-17(2)27-12-5-8-18(16-27)14-24-22(23-3)25-15-19-9-6-11-26(4)21(19)20-10-7-13-28-20;/h7,10,13,17-19,21H,5-6,8-9,11-12,14-16H2,1-4H3,(H2,23,24,25);1H. The highest BCUT2D eigenvalue weighted by atomic mass is 127. The van der Waals surface area contributed by atoms with E-state index < -0.39 is 0 Å². The van der Waals surface area contributed by atoms with Crippen LogP contribution in [0.4, 0.5) is 0 Å². The first kappa shape index (κ1) is 24.9. The summed E-state index contributed by atoms with van der Waals surface area (Å²) >= 11 is 1.89. The van der Waals surface area contributed by atoms with Crippen molar-refractivity contribution in [2.24, 2.45) is 16.8 Å². The average molecular weight is 534 g/mol. The molecule has 2 aliphatic heterocycles. The van der Waals surface area contributed by atoms with Gasteiger partial charge in [-0.05, 0) is 83.0 Å². The fourth-order valence-electron chi connectivity index (χ4n) is 4.80. The molecule has 5 nitrogen and oxygen atoms in total. The number of rotatable bonds is 6. The van der Waals surface area contributed by atoms with Crippen LogP contribution in [0.5, 0.6) is 0 Å². The van der Waals surface area contributed by atoms with Gasteiger partial charge in [-0.15, -0.1) is 35.3 Å². The van der Waals surface area contributed by atoms with Gasteiger partial charge >= 0.3 is 0 Å². The van der Waals surface area contributed by atoms with Crippen molar-refractivity contribution in [1.29, 1.82) is 0 Å². The third kappa shape index (κ3) is 7.08. The summed E-state index contributed by atoms with van der Waals surface area (Å²) in [6.45, 7) is 10.3. The highest BCUT2D eigenvalue weighted by Gasteiger charge is 2.31. The summed E-state index contributed by atoms with van der Waals surface area (Å²) in [6.07, 6.45) is 5.20. The Morgan fingerprint density at radius 3 is 2.66 bits per heavy atom. The Morgan fingerprint density at radius 2 is 1.97 bits per heavy atom. The van der Waals surface area contributed by atoms with Crippen LogP contribution in [-0.2, 0) is 0 Å². The van der Waals surface area contributed by atoms with E-state index in [9.17, 15) is 0 Å². The van der Waals surface area contributed by atoms with Gasteiger partial charge in [0.25, 0.3) is 0 Å². The summed E-state index contributed by atoms with van der Waals surface area (Å²) < 4.78 is 0. The van der Waals surface area contributed by atoms with Crippen LogP contribution < -0.4 is 10.6 Å². The van der Waals surface area contributed by atoms with Crippen molar-refractivity contribution in [1.82, 2.24) is 20.4 Å². The van der Waals surface area contributed by atoms with E-state index in [-0.39, 0.29) is 24.0 Å². The van der Waals surface area contributed by atoms with Gasteiger partial charge < -0.3 is 15.5 Å². The van der Waals surface area contributed by atoms with E-state index in [1.54, 1.807) is 0 Å². The van der Waals surface area contributed by atoms with Gasteiger partial charge in [-0.25, -0.2) is 0 Å². The molecule has 2 fully saturated rings. The summed E-state index contributed by atoms with van der Waals surface area (Å²) in [5.74, 6) is 2.30. The zero-order chi connectivity index (χ0) is 19.9. The molecule has 0 amide bonds. The van der Waals surface area contributed by atoms with E-state index in [0.717, 1.165) is 25.0 Å². The van der Waals surface area contributed by atoms with Crippen LogP contribution in [0, 0.1) is 11.8 Å². The van der Waals surface area contributed by atoms with Gasteiger partial charge in [0.05, 0.1) is 0 Å². The highest BCUT2D eigenvalue weighted by molar-refractivity contribution is 14.0. The molecular formula is C22H40IN5S. The fraction of sp³-hybridized carbons (Fsp3) is 0.773. The third-order valence-corrected chi connectivity index (χ3v) is 7.38. The van der Waals surface area contributed by atoms with Gasteiger partial charge in [0.15, 0.2) is 5.96 Å². The minimum atomic E-state index is 0. The minimum absolute atomic E-state index is 0. The van der Waals surface area contributed by atoms with E-state index >= 15 is 0 Å². The number of aliphatic imine (C=N–C) groups is 1.